The van der Waals surface area contributed by atoms with Crippen molar-refractivity contribution in [3.8, 4) is 0 Å². The highest BCUT2D eigenvalue weighted by molar-refractivity contribution is 5.85. The topological polar surface area (TPSA) is 12.0 Å². The van der Waals surface area contributed by atoms with Gasteiger partial charge in [0.15, 0.2) is 0 Å². The van der Waals surface area contributed by atoms with Gasteiger partial charge >= 0.3 is 0 Å². The molecule has 1 fully saturated rings. The summed E-state index contributed by atoms with van der Waals surface area (Å²) in [6.45, 7) is 0.846. The van der Waals surface area contributed by atoms with Gasteiger partial charge in [-0.3, -0.25) is 0 Å². The summed E-state index contributed by atoms with van der Waals surface area (Å²) in [4.78, 5) is 0. The molecule has 0 spiro atoms. The molecule has 1 aliphatic rings. The maximum Gasteiger partial charge on any atom is 0.130 e. The molecule has 0 saturated carbocycles. The second-order valence-electron chi connectivity index (χ2n) is 3.64. The Bertz CT molecular complexity index is 304. The lowest BCUT2D eigenvalue weighted by Crippen LogP contribution is -2.28. The Morgan fingerprint density at radius 3 is 2.33 bits per heavy atom. The van der Waals surface area contributed by atoms with Crippen LogP contribution in [0.4, 0.5) is 8.78 Å². The van der Waals surface area contributed by atoms with Crippen LogP contribution in [0.2, 0.25) is 0 Å². The lowest BCUT2D eigenvalue weighted by Gasteiger charge is -2.24. The Balaban J connectivity index is 0.00000112. The molecule has 15 heavy (non-hydrogen) atoms. The van der Waals surface area contributed by atoms with Crippen LogP contribution in [0, 0.1) is 11.6 Å². The average molecular weight is 234 g/mol. The first-order valence-electron chi connectivity index (χ1n) is 4.96. The molecule has 0 aliphatic carbocycles. The third-order valence-electron chi connectivity index (χ3n) is 2.66. The Labute approximate surface area is 94.3 Å². The van der Waals surface area contributed by atoms with Gasteiger partial charge in [-0.05, 0) is 31.5 Å². The number of rotatable bonds is 1. The SMILES string of the molecule is Cl.Fc1cccc(F)c1[C@@H]1CCCCN1. The van der Waals surface area contributed by atoms with Crippen LogP contribution in [0.1, 0.15) is 30.9 Å². The van der Waals surface area contributed by atoms with Crippen LogP contribution in [0.25, 0.3) is 0 Å². The highest BCUT2D eigenvalue weighted by Crippen LogP contribution is 2.27. The summed E-state index contributed by atoms with van der Waals surface area (Å²) in [7, 11) is 0. The van der Waals surface area contributed by atoms with E-state index in [1.165, 1.54) is 18.2 Å². The molecule has 1 saturated heterocycles. The summed E-state index contributed by atoms with van der Waals surface area (Å²) in [5, 5.41) is 3.14. The van der Waals surface area contributed by atoms with Gasteiger partial charge in [-0.15, -0.1) is 12.4 Å². The second-order valence-corrected chi connectivity index (χ2v) is 3.64. The van der Waals surface area contributed by atoms with E-state index in [2.05, 4.69) is 5.32 Å². The maximum absolute atomic E-state index is 13.4. The van der Waals surface area contributed by atoms with E-state index in [1.54, 1.807) is 0 Å². The quantitative estimate of drug-likeness (QED) is 0.786. The van der Waals surface area contributed by atoms with E-state index in [0.717, 1.165) is 25.8 Å². The van der Waals surface area contributed by atoms with Crippen molar-refractivity contribution in [3.05, 3.63) is 35.4 Å². The van der Waals surface area contributed by atoms with Crippen molar-refractivity contribution in [1.29, 1.82) is 0 Å². The monoisotopic (exact) mass is 233 g/mol. The molecule has 1 nitrogen and oxygen atoms in total. The Kier molecular flexibility index (Phi) is 4.48. The van der Waals surface area contributed by atoms with Gasteiger partial charge in [-0.2, -0.15) is 0 Å². The van der Waals surface area contributed by atoms with Crippen molar-refractivity contribution in [2.45, 2.75) is 25.3 Å². The van der Waals surface area contributed by atoms with Crippen molar-refractivity contribution in [1.82, 2.24) is 5.32 Å². The number of benzene rings is 1. The van der Waals surface area contributed by atoms with Crippen LogP contribution in [0.15, 0.2) is 18.2 Å². The highest BCUT2D eigenvalue weighted by Gasteiger charge is 2.21. The van der Waals surface area contributed by atoms with Gasteiger partial charge in [-0.25, -0.2) is 8.78 Å². The molecule has 84 valence electrons. The summed E-state index contributed by atoms with van der Waals surface area (Å²) in [6, 6.07) is 3.88. The van der Waals surface area contributed by atoms with Crippen molar-refractivity contribution in [3.63, 3.8) is 0 Å². The predicted octanol–water partition coefficient (Wildman–Crippen LogP) is 3.20. The van der Waals surface area contributed by atoms with Gasteiger partial charge in [0.25, 0.3) is 0 Å². The van der Waals surface area contributed by atoms with Crippen LogP contribution < -0.4 is 5.32 Å². The first-order chi connectivity index (χ1) is 6.79. The summed E-state index contributed by atoms with van der Waals surface area (Å²) < 4.78 is 26.7. The normalized spacial score (nSPS) is 20.8. The Morgan fingerprint density at radius 1 is 1.13 bits per heavy atom. The number of hydrogen-bond acceptors (Lipinski definition) is 1. The molecule has 0 aromatic heterocycles. The van der Waals surface area contributed by atoms with E-state index in [-0.39, 0.29) is 24.0 Å². The molecular formula is C11H14ClF2N. The first kappa shape index (κ1) is 12.4. The van der Waals surface area contributed by atoms with E-state index in [1.807, 2.05) is 0 Å². The summed E-state index contributed by atoms with van der Waals surface area (Å²) in [5.74, 6) is -0.881. The molecule has 1 aliphatic heterocycles. The molecule has 0 amide bonds. The molecule has 2 rings (SSSR count). The van der Waals surface area contributed by atoms with Gasteiger partial charge in [-0.1, -0.05) is 12.5 Å². The molecule has 0 unspecified atom stereocenters. The predicted molar refractivity (Wildman–Crippen MR) is 58.2 cm³/mol. The summed E-state index contributed by atoms with van der Waals surface area (Å²) in [5.41, 5.74) is 0.201. The van der Waals surface area contributed by atoms with Crippen LogP contribution in [0.3, 0.4) is 0 Å². The number of hydrogen-bond donors (Lipinski definition) is 1. The lowest BCUT2D eigenvalue weighted by atomic mass is 9.97. The van der Waals surface area contributed by atoms with E-state index < -0.39 is 11.6 Å². The fourth-order valence-electron chi connectivity index (χ4n) is 1.94. The number of nitrogens with one attached hydrogen (secondary N) is 1. The number of halogens is 3. The molecular weight excluding hydrogens is 220 g/mol. The minimum atomic E-state index is -0.440. The van der Waals surface area contributed by atoms with E-state index in [9.17, 15) is 8.78 Å². The minimum Gasteiger partial charge on any atom is -0.310 e. The zero-order valence-corrected chi connectivity index (χ0v) is 9.12. The van der Waals surface area contributed by atoms with Crippen LogP contribution in [-0.4, -0.2) is 6.54 Å². The Hall–Kier alpha value is -0.670. The third kappa shape index (κ3) is 2.67. The molecule has 0 bridgehead atoms. The lowest BCUT2D eigenvalue weighted by molar-refractivity contribution is 0.385. The molecule has 1 aromatic carbocycles. The second kappa shape index (κ2) is 5.42. The van der Waals surface area contributed by atoms with E-state index in [4.69, 9.17) is 0 Å². The van der Waals surface area contributed by atoms with Crippen molar-refractivity contribution in [2.24, 2.45) is 0 Å². The third-order valence-corrected chi connectivity index (χ3v) is 2.66. The molecule has 1 heterocycles. The van der Waals surface area contributed by atoms with E-state index >= 15 is 0 Å². The standard InChI is InChI=1S/C11H13F2N.ClH/c12-8-4-3-5-9(13)11(8)10-6-1-2-7-14-10;/h3-5,10,14H,1-2,6-7H2;1H/t10-;/m0./s1. The Morgan fingerprint density at radius 2 is 1.80 bits per heavy atom. The van der Waals surface area contributed by atoms with Crippen LogP contribution >= 0.6 is 12.4 Å². The van der Waals surface area contributed by atoms with Crippen LogP contribution in [-0.2, 0) is 0 Å². The smallest absolute Gasteiger partial charge is 0.130 e. The van der Waals surface area contributed by atoms with Crippen LogP contribution in [0.5, 0.6) is 0 Å². The largest absolute Gasteiger partial charge is 0.310 e. The first-order valence-corrected chi connectivity index (χ1v) is 4.96. The summed E-state index contributed by atoms with van der Waals surface area (Å²) >= 11 is 0. The van der Waals surface area contributed by atoms with Gasteiger partial charge in [0, 0.05) is 11.6 Å². The number of piperidine rings is 1. The van der Waals surface area contributed by atoms with Gasteiger partial charge in [0.05, 0.1) is 0 Å². The zero-order valence-electron chi connectivity index (χ0n) is 8.30. The minimum absolute atomic E-state index is 0. The maximum atomic E-state index is 13.4. The van der Waals surface area contributed by atoms with Gasteiger partial charge in [0.2, 0.25) is 0 Å². The summed E-state index contributed by atoms with van der Waals surface area (Å²) in [6.07, 6.45) is 2.94. The van der Waals surface area contributed by atoms with Gasteiger partial charge < -0.3 is 5.32 Å². The molecule has 4 heteroatoms. The molecule has 1 N–H and O–H groups in total. The average Bonchev–Trinajstić information content (AvgIpc) is 2.19. The highest BCUT2D eigenvalue weighted by atomic mass is 35.5. The van der Waals surface area contributed by atoms with Crippen molar-refractivity contribution >= 4 is 12.4 Å². The zero-order chi connectivity index (χ0) is 9.97. The fourth-order valence-corrected chi connectivity index (χ4v) is 1.94. The molecule has 1 aromatic rings. The van der Waals surface area contributed by atoms with Gasteiger partial charge in [0.1, 0.15) is 11.6 Å². The van der Waals surface area contributed by atoms with Crippen molar-refractivity contribution < 1.29 is 8.78 Å². The fraction of sp³-hybridized carbons (Fsp3) is 0.455. The molecule has 0 radical (unpaired) electrons. The van der Waals surface area contributed by atoms with Crippen molar-refractivity contribution in [2.75, 3.05) is 6.54 Å². The van der Waals surface area contributed by atoms with E-state index in [0.29, 0.717) is 0 Å². The molecule has 1 atom stereocenters.